The monoisotopic (exact) mass is 504 g/mol. The molecule has 0 heterocycles. The van der Waals surface area contributed by atoms with Gasteiger partial charge in [-0.1, -0.05) is 48.0 Å². The van der Waals surface area contributed by atoms with Gasteiger partial charge in [0, 0.05) is 21.7 Å². The SMILES string of the molecule is CC(Sc1cccc(NC(=O)/C=C/c2ccccc2)c1)C(=O)Nc1ccc(Cl)cc1C(F)(F)F. The van der Waals surface area contributed by atoms with Gasteiger partial charge in [0.2, 0.25) is 11.8 Å². The highest BCUT2D eigenvalue weighted by Crippen LogP contribution is 2.37. The Kier molecular flexibility index (Phi) is 8.41. The number of benzene rings is 3. The highest BCUT2D eigenvalue weighted by Gasteiger charge is 2.34. The van der Waals surface area contributed by atoms with Gasteiger partial charge in [-0.3, -0.25) is 9.59 Å². The molecule has 0 saturated heterocycles. The van der Waals surface area contributed by atoms with Crippen LogP contribution in [-0.4, -0.2) is 17.1 Å². The van der Waals surface area contributed by atoms with Crippen LogP contribution >= 0.6 is 23.4 Å². The number of alkyl halides is 3. The van der Waals surface area contributed by atoms with Crippen molar-refractivity contribution in [3.05, 3.63) is 95.0 Å². The van der Waals surface area contributed by atoms with E-state index in [1.807, 2.05) is 30.3 Å². The molecule has 34 heavy (non-hydrogen) atoms. The first-order chi connectivity index (χ1) is 16.1. The Morgan fingerprint density at radius 2 is 1.71 bits per heavy atom. The predicted octanol–water partition coefficient (Wildman–Crippen LogP) is 7.13. The number of nitrogens with one attached hydrogen (secondary N) is 2. The van der Waals surface area contributed by atoms with E-state index in [2.05, 4.69) is 10.6 Å². The molecule has 3 aromatic carbocycles. The zero-order valence-electron chi connectivity index (χ0n) is 17.9. The van der Waals surface area contributed by atoms with E-state index in [4.69, 9.17) is 11.6 Å². The van der Waals surface area contributed by atoms with Gasteiger partial charge < -0.3 is 10.6 Å². The number of halogens is 4. The second-order valence-electron chi connectivity index (χ2n) is 7.20. The van der Waals surface area contributed by atoms with Gasteiger partial charge in [-0.15, -0.1) is 11.8 Å². The van der Waals surface area contributed by atoms with E-state index in [9.17, 15) is 22.8 Å². The lowest BCUT2D eigenvalue weighted by atomic mass is 10.1. The molecule has 176 valence electrons. The first-order valence-electron chi connectivity index (χ1n) is 10.1. The first-order valence-corrected chi connectivity index (χ1v) is 11.4. The van der Waals surface area contributed by atoms with Crippen molar-refractivity contribution in [1.29, 1.82) is 0 Å². The van der Waals surface area contributed by atoms with E-state index >= 15 is 0 Å². The zero-order chi connectivity index (χ0) is 24.7. The highest BCUT2D eigenvalue weighted by molar-refractivity contribution is 8.00. The Hall–Kier alpha value is -3.23. The Morgan fingerprint density at radius 3 is 2.41 bits per heavy atom. The molecule has 1 unspecified atom stereocenters. The van der Waals surface area contributed by atoms with Crippen LogP contribution in [-0.2, 0) is 15.8 Å². The van der Waals surface area contributed by atoms with Crippen molar-refractivity contribution >= 4 is 52.6 Å². The Bertz CT molecular complexity index is 1200. The summed E-state index contributed by atoms with van der Waals surface area (Å²) in [4.78, 5) is 25.4. The smallest absolute Gasteiger partial charge is 0.325 e. The summed E-state index contributed by atoms with van der Waals surface area (Å²) >= 11 is 6.83. The van der Waals surface area contributed by atoms with Crippen LogP contribution in [0.1, 0.15) is 18.1 Å². The molecular formula is C25H20ClF3N2O2S. The van der Waals surface area contributed by atoms with Gasteiger partial charge in [0.05, 0.1) is 16.5 Å². The topological polar surface area (TPSA) is 58.2 Å². The third-order valence-corrected chi connectivity index (χ3v) is 5.88. The van der Waals surface area contributed by atoms with Crippen molar-refractivity contribution in [2.24, 2.45) is 0 Å². The molecule has 2 amide bonds. The van der Waals surface area contributed by atoms with E-state index in [-0.39, 0.29) is 16.6 Å². The quantitative estimate of drug-likeness (QED) is 0.266. The van der Waals surface area contributed by atoms with Crippen LogP contribution in [0.3, 0.4) is 0 Å². The normalized spacial score (nSPS) is 12.4. The van der Waals surface area contributed by atoms with Crippen LogP contribution in [0.25, 0.3) is 6.08 Å². The summed E-state index contributed by atoms with van der Waals surface area (Å²) in [6, 6.07) is 19.4. The molecule has 0 aromatic heterocycles. The molecule has 1 atom stereocenters. The predicted molar refractivity (Wildman–Crippen MR) is 131 cm³/mol. The standard InChI is InChI=1S/C25H20ClF3N2O2S/c1-16(24(33)31-22-12-11-18(26)14-21(22)25(27,28)29)34-20-9-5-8-19(15-20)30-23(32)13-10-17-6-3-2-4-7-17/h2-16H,1H3,(H,30,32)(H,31,33)/b13-10+. The first kappa shape index (κ1) is 25.4. The van der Waals surface area contributed by atoms with Gasteiger partial charge in [0.1, 0.15) is 0 Å². The van der Waals surface area contributed by atoms with Gasteiger partial charge >= 0.3 is 6.18 Å². The maximum atomic E-state index is 13.3. The second kappa shape index (κ2) is 11.3. The minimum absolute atomic E-state index is 0.0785. The van der Waals surface area contributed by atoms with Crippen molar-refractivity contribution < 1.29 is 22.8 Å². The molecule has 0 aliphatic heterocycles. The second-order valence-corrected chi connectivity index (χ2v) is 9.05. The Balaban J connectivity index is 1.63. The van der Waals surface area contributed by atoms with Crippen LogP contribution in [0, 0.1) is 0 Å². The molecule has 3 aromatic rings. The summed E-state index contributed by atoms with van der Waals surface area (Å²) in [5, 5.41) is 4.29. The number of carbonyl (C=O) groups excluding carboxylic acids is 2. The molecule has 3 rings (SSSR count). The lowest BCUT2D eigenvalue weighted by Gasteiger charge is -2.17. The van der Waals surface area contributed by atoms with E-state index in [1.165, 1.54) is 12.1 Å². The fourth-order valence-corrected chi connectivity index (χ4v) is 4.02. The van der Waals surface area contributed by atoms with Crippen LogP contribution in [0.2, 0.25) is 5.02 Å². The summed E-state index contributed by atoms with van der Waals surface area (Å²) in [6.07, 6.45) is -1.56. The molecule has 0 aliphatic rings. The molecule has 0 aliphatic carbocycles. The lowest BCUT2D eigenvalue weighted by molar-refractivity contribution is -0.137. The minimum Gasteiger partial charge on any atom is -0.325 e. The van der Waals surface area contributed by atoms with E-state index in [0.29, 0.717) is 10.6 Å². The number of thioether (sulfide) groups is 1. The summed E-state index contributed by atoms with van der Waals surface area (Å²) in [7, 11) is 0. The van der Waals surface area contributed by atoms with Crippen molar-refractivity contribution in [2.75, 3.05) is 10.6 Å². The van der Waals surface area contributed by atoms with Crippen LogP contribution < -0.4 is 10.6 Å². The van der Waals surface area contributed by atoms with Crippen LogP contribution in [0.5, 0.6) is 0 Å². The largest absolute Gasteiger partial charge is 0.418 e. The molecule has 0 radical (unpaired) electrons. The van der Waals surface area contributed by atoms with Crippen molar-refractivity contribution in [2.45, 2.75) is 23.2 Å². The average molecular weight is 505 g/mol. The van der Waals surface area contributed by atoms with Gasteiger partial charge in [0.25, 0.3) is 0 Å². The molecule has 0 fully saturated rings. The third-order valence-electron chi connectivity index (χ3n) is 4.56. The van der Waals surface area contributed by atoms with E-state index < -0.39 is 22.9 Å². The van der Waals surface area contributed by atoms with Crippen molar-refractivity contribution in [3.8, 4) is 0 Å². The number of carbonyl (C=O) groups is 2. The molecule has 0 saturated carbocycles. The minimum atomic E-state index is -4.66. The molecule has 0 spiro atoms. The molecule has 4 nitrogen and oxygen atoms in total. The van der Waals surface area contributed by atoms with Crippen LogP contribution in [0.15, 0.2) is 83.8 Å². The number of anilines is 2. The summed E-state index contributed by atoms with van der Waals surface area (Å²) in [6.45, 7) is 1.58. The van der Waals surface area contributed by atoms with Gasteiger partial charge in [-0.25, -0.2) is 0 Å². The summed E-state index contributed by atoms with van der Waals surface area (Å²) < 4.78 is 39.8. The number of hydrogen-bond donors (Lipinski definition) is 2. The van der Waals surface area contributed by atoms with Crippen molar-refractivity contribution in [1.82, 2.24) is 0 Å². The number of hydrogen-bond acceptors (Lipinski definition) is 3. The average Bonchev–Trinajstić information content (AvgIpc) is 2.79. The summed E-state index contributed by atoms with van der Waals surface area (Å²) in [5.74, 6) is -0.919. The molecule has 0 bridgehead atoms. The maximum absolute atomic E-state index is 13.3. The van der Waals surface area contributed by atoms with Crippen LogP contribution in [0.4, 0.5) is 24.5 Å². The fourth-order valence-electron chi connectivity index (χ4n) is 2.92. The Labute approximate surface area is 204 Å². The summed E-state index contributed by atoms with van der Waals surface area (Å²) in [5.41, 5.74) is 0.0351. The van der Waals surface area contributed by atoms with E-state index in [0.717, 1.165) is 29.5 Å². The number of rotatable bonds is 7. The van der Waals surface area contributed by atoms with Gasteiger partial charge in [-0.05, 0) is 55.0 Å². The highest BCUT2D eigenvalue weighted by atomic mass is 35.5. The lowest BCUT2D eigenvalue weighted by Crippen LogP contribution is -2.24. The number of amides is 2. The molecule has 2 N–H and O–H groups in total. The maximum Gasteiger partial charge on any atom is 0.418 e. The van der Waals surface area contributed by atoms with Crippen molar-refractivity contribution in [3.63, 3.8) is 0 Å². The van der Waals surface area contributed by atoms with E-state index in [1.54, 1.807) is 37.3 Å². The van der Waals surface area contributed by atoms with Gasteiger partial charge in [0.15, 0.2) is 0 Å². The Morgan fingerprint density at radius 1 is 0.971 bits per heavy atom. The molecular weight excluding hydrogens is 485 g/mol. The third kappa shape index (κ3) is 7.40. The van der Waals surface area contributed by atoms with Gasteiger partial charge in [-0.2, -0.15) is 13.2 Å². The molecule has 9 heteroatoms. The fraction of sp³-hybridized carbons (Fsp3) is 0.120. The zero-order valence-corrected chi connectivity index (χ0v) is 19.5.